The van der Waals surface area contributed by atoms with Crippen LogP contribution in [0.2, 0.25) is 0 Å². The number of hydrogen-bond donors (Lipinski definition) is 2. The van der Waals surface area contributed by atoms with E-state index in [9.17, 15) is 13.0 Å². The summed E-state index contributed by atoms with van der Waals surface area (Å²) < 4.78 is 34.7. The summed E-state index contributed by atoms with van der Waals surface area (Å²) in [5, 5.41) is 23.6. The van der Waals surface area contributed by atoms with Crippen LogP contribution in [0.1, 0.15) is 0 Å². The molecule has 0 spiro atoms. The van der Waals surface area contributed by atoms with Crippen molar-refractivity contribution in [2.24, 2.45) is 20.5 Å². The first kappa shape index (κ1) is 26.0. The van der Waals surface area contributed by atoms with Gasteiger partial charge in [-0.3, -0.25) is 4.55 Å². The summed E-state index contributed by atoms with van der Waals surface area (Å²) in [7, 11) is -4.52. The molecule has 0 aliphatic heterocycles. The van der Waals surface area contributed by atoms with Gasteiger partial charge in [0.15, 0.2) is 0 Å². The van der Waals surface area contributed by atoms with Gasteiger partial charge in [0.05, 0.1) is 22.7 Å². The van der Waals surface area contributed by atoms with Crippen LogP contribution < -0.4 is 5.32 Å². The van der Waals surface area contributed by atoms with E-state index in [4.69, 9.17) is 0 Å². The van der Waals surface area contributed by atoms with Crippen LogP contribution in [0.3, 0.4) is 0 Å². The summed E-state index contributed by atoms with van der Waals surface area (Å²) in [4.78, 5) is -0.218. The first-order valence-corrected chi connectivity index (χ1v) is 14.2. The molecule has 9 heteroatoms. The second-order valence-corrected chi connectivity index (χ2v) is 10.6. The lowest BCUT2D eigenvalue weighted by Crippen LogP contribution is -2.01. The van der Waals surface area contributed by atoms with E-state index in [-0.39, 0.29) is 4.90 Å². The number of nitrogens with zero attached hydrogens (tertiary/aromatic N) is 4. The van der Waals surface area contributed by atoms with Crippen molar-refractivity contribution in [3.05, 3.63) is 127 Å². The smallest absolute Gasteiger partial charge is 0.295 e. The van der Waals surface area contributed by atoms with Gasteiger partial charge in [0.2, 0.25) is 0 Å². The largest absolute Gasteiger partial charge is 0.355 e. The number of hydrogen-bond acceptors (Lipinski definition) is 7. The number of nitrogens with one attached hydrogen (secondary N) is 1. The van der Waals surface area contributed by atoms with E-state index in [2.05, 4.69) is 25.8 Å². The fraction of sp³-hybridized carbons (Fsp3) is 0. The Labute approximate surface area is 236 Å². The molecule has 41 heavy (non-hydrogen) atoms. The first-order valence-electron chi connectivity index (χ1n) is 12.7. The molecule has 6 aromatic rings. The molecule has 200 valence electrons. The Balaban J connectivity index is 1.43. The third kappa shape index (κ3) is 5.58. The number of para-hydroxylation sites is 1. The Morgan fingerprint density at radius 3 is 1.66 bits per heavy atom. The van der Waals surface area contributed by atoms with Gasteiger partial charge in [-0.25, -0.2) is 0 Å². The molecule has 0 saturated carbocycles. The molecule has 0 heterocycles. The van der Waals surface area contributed by atoms with Crippen LogP contribution >= 0.6 is 0 Å². The number of azo groups is 2. The highest BCUT2D eigenvalue weighted by Crippen LogP contribution is 2.39. The monoisotopic (exact) mass is 557 g/mol. The fourth-order valence-corrected chi connectivity index (χ4v) is 5.33. The van der Waals surface area contributed by atoms with Gasteiger partial charge in [0.25, 0.3) is 10.1 Å². The molecule has 0 aliphatic carbocycles. The highest BCUT2D eigenvalue weighted by Gasteiger charge is 2.19. The second kappa shape index (κ2) is 11.1. The summed E-state index contributed by atoms with van der Waals surface area (Å²) in [6.07, 6.45) is 0. The molecule has 0 radical (unpaired) electrons. The van der Waals surface area contributed by atoms with E-state index < -0.39 is 10.1 Å². The molecule has 0 atom stereocenters. The van der Waals surface area contributed by atoms with Gasteiger partial charge >= 0.3 is 0 Å². The lowest BCUT2D eigenvalue weighted by atomic mass is 10.1. The third-order valence-corrected chi connectivity index (χ3v) is 7.38. The van der Waals surface area contributed by atoms with Crippen LogP contribution in [0.5, 0.6) is 0 Å². The molecule has 6 aromatic carbocycles. The third-order valence-electron chi connectivity index (χ3n) is 6.48. The zero-order valence-electron chi connectivity index (χ0n) is 21.6. The zero-order chi connectivity index (χ0) is 28.2. The topological polar surface area (TPSA) is 116 Å². The molecule has 0 fully saturated rings. The Bertz CT molecular complexity index is 2050. The van der Waals surface area contributed by atoms with Crippen LogP contribution in [-0.2, 0) is 10.1 Å². The van der Waals surface area contributed by atoms with E-state index >= 15 is 0 Å². The molecule has 0 saturated heterocycles. The maximum Gasteiger partial charge on any atom is 0.295 e. The van der Waals surface area contributed by atoms with Crippen molar-refractivity contribution < 1.29 is 13.0 Å². The highest BCUT2D eigenvalue weighted by atomic mass is 32.2. The van der Waals surface area contributed by atoms with Gasteiger partial charge in [0.1, 0.15) is 4.90 Å². The minimum absolute atomic E-state index is 0.218. The minimum atomic E-state index is -4.52. The van der Waals surface area contributed by atoms with E-state index in [1.165, 1.54) is 6.07 Å². The number of rotatable bonds is 7. The maximum absolute atomic E-state index is 12.3. The van der Waals surface area contributed by atoms with Gasteiger partial charge in [-0.1, -0.05) is 72.8 Å². The van der Waals surface area contributed by atoms with Crippen LogP contribution in [0, 0.1) is 0 Å². The Hall–Kier alpha value is -5.25. The second-order valence-electron chi connectivity index (χ2n) is 9.16. The summed E-state index contributed by atoms with van der Waals surface area (Å²) in [6.45, 7) is 0. The van der Waals surface area contributed by atoms with Crippen molar-refractivity contribution in [2.45, 2.75) is 4.90 Å². The molecule has 0 unspecified atom stereocenters. The van der Waals surface area contributed by atoms with E-state index in [0.717, 1.165) is 22.1 Å². The molecule has 0 amide bonds. The summed E-state index contributed by atoms with van der Waals surface area (Å²) in [6, 6.07) is 38.4. The molecular weight excluding hydrogens is 534 g/mol. The molecule has 6 rings (SSSR count). The SMILES string of the molecule is O=S(=O)(O)c1cccc2c(N=Nc3ccc(N=Nc4ccccc4)c4ccccc34)ccc(Nc3ccccc3)c12. The average molecular weight is 558 g/mol. The average Bonchev–Trinajstić information content (AvgIpc) is 3.00. The van der Waals surface area contributed by atoms with Crippen molar-refractivity contribution in [1.29, 1.82) is 0 Å². The van der Waals surface area contributed by atoms with Crippen molar-refractivity contribution in [3.63, 3.8) is 0 Å². The number of fused-ring (bicyclic) bond motifs is 2. The van der Waals surface area contributed by atoms with Crippen molar-refractivity contribution in [3.8, 4) is 0 Å². The molecule has 0 aromatic heterocycles. The lowest BCUT2D eigenvalue weighted by Gasteiger charge is -2.14. The van der Waals surface area contributed by atoms with Gasteiger partial charge in [0, 0.05) is 32.9 Å². The minimum Gasteiger partial charge on any atom is -0.355 e. The van der Waals surface area contributed by atoms with E-state index in [1.807, 2.05) is 97.1 Å². The standard InChI is InChI=1S/C32H23N5O3S/c38-41(39,40)31-17-9-16-26-29(20-21-30(32(26)31)33-22-10-3-1-4-11-22)37-36-28-19-18-27(24-14-7-8-15-25(24)28)35-34-23-12-5-2-6-13-23/h1-21,33H,(H,38,39,40). The summed E-state index contributed by atoms with van der Waals surface area (Å²) in [5.41, 5.74) is 3.79. The quantitative estimate of drug-likeness (QED) is 0.150. The van der Waals surface area contributed by atoms with Gasteiger partial charge in [-0.2, -0.15) is 13.5 Å². The maximum atomic E-state index is 12.3. The molecule has 8 nitrogen and oxygen atoms in total. The Kier molecular flexibility index (Phi) is 7.03. The molecule has 2 N–H and O–H groups in total. The predicted molar refractivity (Wildman–Crippen MR) is 162 cm³/mol. The number of anilines is 2. The molecule has 0 bridgehead atoms. The van der Waals surface area contributed by atoms with Crippen LogP contribution in [0.15, 0.2) is 153 Å². The Morgan fingerprint density at radius 1 is 0.512 bits per heavy atom. The first-order chi connectivity index (χ1) is 20.0. The van der Waals surface area contributed by atoms with Gasteiger partial charge in [-0.05, 0) is 54.6 Å². The normalized spacial score (nSPS) is 12.0. The zero-order valence-corrected chi connectivity index (χ0v) is 22.4. The van der Waals surface area contributed by atoms with Crippen LogP contribution in [-0.4, -0.2) is 13.0 Å². The fourth-order valence-electron chi connectivity index (χ4n) is 4.60. The number of benzene rings is 6. The van der Waals surface area contributed by atoms with E-state index in [0.29, 0.717) is 33.5 Å². The molecule has 0 aliphatic rings. The van der Waals surface area contributed by atoms with Crippen LogP contribution in [0.25, 0.3) is 21.5 Å². The van der Waals surface area contributed by atoms with Crippen molar-refractivity contribution in [1.82, 2.24) is 0 Å². The highest BCUT2D eigenvalue weighted by molar-refractivity contribution is 7.86. The predicted octanol–water partition coefficient (Wildman–Crippen LogP) is 9.81. The van der Waals surface area contributed by atoms with Crippen molar-refractivity contribution >= 4 is 65.8 Å². The lowest BCUT2D eigenvalue weighted by molar-refractivity contribution is 0.484. The molecular formula is C32H23N5O3S. The summed E-state index contributed by atoms with van der Waals surface area (Å²) in [5.74, 6) is 0. The van der Waals surface area contributed by atoms with Crippen molar-refractivity contribution in [2.75, 3.05) is 5.32 Å². The summed E-state index contributed by atoms with van der Waals surface area (Å²) >= 11 is 0. The van der Waals surface area contributed by atoms with Crippen LogP contribution in [0.4, 0.5) is 34.1 Å². The Morgan fingerprint density at radius 2 is 1.02 bits per heavy atom. The van der Waals surface area contributed by atoms with Gasteiger partial charge < -0.3 is 5.32 Å². The van der Waals surface area contributed by atoms with Gasteiger partial charge in [-0.15, -0.1) is 15.3 Å². The van der Waals surface area contributed by atoms with E-state index in [1.54, 1.807) is 24.3 Å².